The third-order valence-electron chi connectivity index (χ3n) is 1.95. The molecule has 0 fully saturated rings. The maximum atomic E-state index is 12.3. The second-order valence-corrected chi connectivity index (χ2v) is 7.32. The summed E-state index contributed by atoms with van der Waals surface area (Å²) in [6.07, 6.45) is -4.65. The molecule has 0 saturated carbocycles. The van der Waals surface area contributed by atoms with Crippen LogP contribution in [0.25, 0.3) is 0 Å². The molecule has 2 nitrogen and oxygen atoms in total. The molecule has 0 aliphatic carbocycles. The average molecular weight is 386 g/mol. The zero-order valence-corrected chi connectivity index (χ0v) is 12.4. The minimum Gasteiger partial charge on any atom is -0.224 e. The molecule has 1 unspecified atom stereocenters. The first kappa shape index (κ1) is 16.1. The molecule has 0 aromatic heterocycles. The fourth-order valence-electron chi connectivity index (χ4n) is 1.09. The summed E-state index contributed by atoms with van der Waals surface area (Å²) < 4.78 is 60.5. The van der Waals surface area contributed by atoms with Crippen molar-refractivity contribution in [2.75, 3.05) is 5.75 Å². The maximum absolute atomic E-state index is 12.3. The van der Waals surface area contributed by atoms with Gasteiger partial charge in [0.05, 0.1) is 15.7 Å². The summed E-state index contributed by atoms with van der Waals surface area (Å²) in [5, 5.41) is -0.0858. The summed E-state index contributed by atoms with van der Waals surface area (Å²) in [7, 11) is -4.18. The highest BCUT2D eigenvalue weighted by atomic mass is 79.9. The third-order valence-corrected chi connectivity index (χ3v) is 5.68. The molecule has 0 aliphatic heterocycles. The largest absolute Gasteiger partial charge is 0.402 e. The van der Waals surface area contributed by atoms with Crippen LogP contribution in [0.15, 0.2) is 23.1 Å². The Morgan fingerprint density at radius 1 is 1.28 bits per heavy atom. The van der Waals surface area contributed by atoms with Crippen molar-refractivity contribution in [1.29, 1.82) is 0 Å². The average Bonchev–Trinajstić information content (AvgIpc) is 2.19. The van der Waals surface area contributed by atoms with Gasteiger partial charge in [0.1, 0.15) is 4.83 Å². The third kappa shape index (κ3) is 4.01. The van der Waals surface area contributed by atoms with Crippen molar-refractivity contribution in [3.8, 4) is 0 Å². The first-order chi connectivity index (χ1) is 8.04. The molecule has 0 radical (unpaired) electrons. The Kier molecular flexibility index (Phi) is 4.97. The van der Waals surface area contributed by atoms with Gasteiger partial charge in [-0.3, -0.25) is 0 Å². The van der Waals surface area contributed by atoms with Gasteiger partial charge in [-0.05, 0) is 18.2 Å². The van der Waals surface area contributed by atoms with Crippen LogP contribution in [0.4, 0.5) is 13.2 Å². The number of rotatable bonds is 3. The molecule has 0 saturated heterocycles. The number of hydrogen-bond acceptors (Lipinski definition) is 2. The predicted molar refractivity (Wildman–Crippen MR) is 67.3 cm³/mol. The number of sulfone groups is 1. The molecular weight excluding hydrogens is 380 g/mol. The van der Waals surface area contributed by atoms with Crippen molar-refractivity contribution in [3.05, 3.63) is 28.2 Å². The van der Waals surface area contributed by atoms with Gasteiger partial charge in [0, 0.05) is 5.02 Å². The highest BCUT2D eigenvalue weighted by Gasteiger charge is 2.41. The molecule has 1 aromatic rings. The second kappa shape index (κ2) is 5.56. The lowest BCUT2D eigenvalue weighted by Gasteiger charge is -2.14. The lowest BCUT2D eigenvalue weighted by atomic mass is 10.4. The molecule has 0 amide bonds. The maximum Gasteiger partial charge on any atom is 0.402 e. The van der Waals surface area contributed by atoms with Crippen LogP contribution in [0.5, 0.6) is 0 Å². The SMILES string of the molecule is O=S(=O)(CC(Br)C(F)(F)F)c1cc(Cl)ccc1Cl. The van der Waals surface area contributed by atoms with Crippen molar-refractivity contribution in [2.45, 2.75) is 15.9 Å². The second-order valence-electron chi connectivity index (χ2n) is 3.37. The van der Waals surface area contributed by atoms with Gasteiger partial charge in [-0.1, -0.05) is 39.1 Å². The van der Waals surface area contributed by atoms with E-state index in [1.807, 2.05) is 0 Å². The van der Waals surface area contributed by atoms with Crippen LogP contribution in [0.2, 0.25) is 10.0 Å². The molecule has 0 spiro atoms. The van der Waals surface area contributed by atoms with E-state index in [2.05, 4.69) is 15.9 Å². The zero-order valence-electron chi connectivity index (χ0n) is 8.51. The summed E-state index contributed by atoms with van der Waals surface area (Å²) in [6, 6.07) is 3.58. The van der Waals surface area contributed by atoms with Crippen molar-refractivity contribution < 1.29 is 21.6 Å². The van der Waals surface area contributed by atoms with E-state index in [1.165, 1.54) is 12.1 Å². The van der Waals surface area contributed by atoms with Gasteiger partial charge in [0.25, 0.3) is 0 Å². The van der Waals surface area contributed by atoms with Crippen LogP contribution >= 0.6 is 39.1 Å². The van der Waals surface area contributed by atoms with E-state index < -0.39 is 31.5 Å². The van der Waals surface area contributed by atoms with E-state index in [4.69, 9.17) is 23.2 Å². The quantitative estimate of drug-likeness (QED) is 0.734. The first-order valence-electron chi connectivity index (χ1n) is 4.42. The summed E-state index contributed by atoms with van der Waals surface area (Å²) in [5.41, 5.74) is 0. The normalized spacial score (nSPS) is 14.6. The van der Waals surface area contributed by atoms with Crippen LogP contribution in [-0.4, -0.2) is 25.2 Å². The predicted octanol–water partition coefficient (Wildman–Crippen LogP) is 4.09. The summed E-state index contributed by atoms with van der Waals surface area (Å²) in [4.78, 5) is -2.57. The van der Waals surface area contributed by atoms with Crippen molar-refractivity contribution in [3.63, 3.8) is 0 Å². The fraction of sp³-hybridized carbons (Fsp3) is 0.333. The van der Waals surface area contributed by atoms with Crippen molar-refractivity contribution in [1.82, 2.24) is 0 Å². The zero-order chi connectivity index (χ0) is 14.1. The van der Waals surface area contributed by atoms with Gasteiger partial charge < -0.3 is 0 Å². The molecule has 1 rings (SSSR count). The number of alkyl halides is 4. The van der Waals surface area contributed by atoms with Gasteiger partial charge in [-0.15, -0.1) is 0 Å². The van der Waals surface area contributed by atoms with Gasteiger partial charge in [-0.2, -0.15) is 13.2 Å². The van der Waals surface area contributed by atoms with E-state index in [9.17, 15) is 21.6 Å². The Morgan fingerprint density at radius 3 is 2.33 bits per heavy atom. The molecule has 0 N–H and O–H groups in total. The van der Waals surface area contributed by atoms with Gasteiger partial charge >= 0.3 is 6.18 Å². The Hall–Kier alpha value is 0.0200. The highest BCUT2D eigenvalue weighted by molar-refractivity contribution is 9.09. The Bertz CT molecular complexity index is 545. The molecule has 0 bridgehead atoms. The summed E-state index contributed by atoms with van der Waals surface area (Å²) in [5.74, 6) is -1.14. The Labute approximate surface area is 120 Å². The van der Waals surface area contributed by atoms with Crippen LogP contribution in [0.3, 0.4) is 0 Å². The van der Waals surface area contributed by atoms with Crippen LogP contribution in [0.1, 0.15) is 0 Å². The first-order valence-corrected chi connectivity index (χ1v) is 7.75. The standard InChI is InChI=1S/C9H6BrCl2F3O2S/c10-8(9(13,14)15)4-18(16,17)7-3-5(11)1-2-6(7)12/h1-3,8H,4H2. The number of halogens is 6. The monoisotopic (exact) mass is 384 g/mol. The topological polar surface area (TPSA) is 34.1 Å². The molecule has 102 valence electrons. The minimum absolute atomic E-state index is 0.0797. The van der Waals surface area contributed by atoms with E-state index in [0.29, 0.717) is 0 Å². The van der Waals surface area contributed by atoms with Gasteiger partial charge in [-0.25, -0.2) is 8.42 Å². The molecule has 1 aromatic carbocycles. The smallest absolute Gasteiger partial charge is 0.224 e. The number of benzene rings is 1. The molecular formula is C9H6BrCl2F3O2S. The fourth-order valence-corrected chi connectivity index (χ4v) is 4.27. The minimum atomic E-state index is -4.65. The van der Waals surface area contributed by atoms with Crippen molar-refractivity contribution >= 4 is 49.0 Å². The Balaban J connectivity index is 3.11. The van der Waals surface area contributed by atoms with Crippen LogP contribution < -0.4 is 0 Å². The molecule has 0 aliphatic rings. The van der Waals surface area contributed by atoms with Gasteiger partial charge in [0.15, 0.2) is 9.84 Å². The van der Waals surface area contributed by atoms with E-state index in [1.54, 1.807) is 0 Å². The lowest BCUT2D eigenvalue weighted by Crippen LogP contribution is -2.30. The molecule has 9 heteroatoms. The van der Waals surface area contributed by atoms with Crippen LogP contribution in [0, 0.1) is 0 Å². The van der Waals surface area contributed by atoms with Crippen molar-refractivity contribution in [2.24, 2.45) is 0 Å². The molecule has 18 heavy (non-hydrogen) atoms. The van der Waals surface area contributed by atoms with Crippen LogP contribution in [-0.2, 0) is 9.84 Å². The van der Waals surface area contributed by atoms with E-state index in [-0.39, 0.29) is 10.0 Å². The number of hydrogen-bond donors (Lipinski definition) is 0. The van der Waals surface area contributed by atoms with E-state index in [0.717, 1.165) is 6.07 Å². The molecule has 1 atom stereocenters. The van der Waals surface area contributed by atoms with E-state index >= 15 is 0 Å². The lowest BCUT2D eigenvalue weighted by molar-refractivity contribution is -0.123. The highest BCUT2D eigenvalue weighted by Crippen LogP contribution is 2.32. The van der Waals surface area contributed by atoms with Gasteiger partial charge in [0.2, 0.25) is 0 Å². The molecule has 0 heterocycles. The summed E-state index contributed by atoms with van der Waals surface area (Å²) >= 11 is 13.5. The Morgan fingerprint density at radius 2 is 1.83 bits per heavy atom. The summed E-state index contributed by atoms with van der Waals surface area (Å²) in [6.45, 7) is 0.